The predicted molar refractivity (Wildman–Crippen MR) is 66.4 cm³/mol. The first-order valence-corrected chi connectivity index (χ1v) is 6.92. The third kappa shape index (κ3) is 2.85. The van der Waals surface area contributed by atoms with Gasteiger partial charge in [-0.3, -0.25) is 4.79 Å². The normalized spacial score (nSPS) is 29.2. The van der Waals surface area contributed by atoms with Gasteiger partial charge in [0.25, 0.3) is 0 Å². The Labute approximate surface area is 99.4 Å². The number of carbonyl (C=O) groups excluding carboxylic acids is 1. The summed E-state index contributed by atoms with van der Waals surface area (Å²) in [5.74, 6) is 2.63. The molecule has 0 aromatic heterocycles. The molecular weight excluding hydrogens is 198 g/mol. The summed E-state index contributed by atoms with van der Waals surface area (Å²) in [6.07, 6.45) is 5.78. The molecule has 92 valence electrons. The fourth-order valence-electron chi connectivity index (χ4n) is 3.19. The van der Waals surface area contributed by atoms with E-state index in [4.69, 9.17) is 0 Å². The molecule has 1 aliphatic carbocycles. The summed E-state index contributed by atoms with van der Waals surface area (Å²) in [6, 6.07) is 0. The molecule has 2 aliphatic rings. The van der Waals surface area contributed by atoms with Crippen LogP contribution < -0.4 is 0 Å². The Morgan fingerprint density at radius 1 is 1.25 bits per heavy atom. The molecule has 0 N–H and O–H groups in total. The van der Waals surface area contributed by atoms with Crippen LogP contribution in [-0.4, -0.2) is 30.3 Å². The number of Topliss-reactive ketones (excluding diaryl/α,β-unsaturated/α-hetero) is 1. The molecule has 1 saturated carbocycles. The van der Waals surface area contributed by atoms with Crippen molar-refractivity contribution in [3.63, 3.8) is 0 Å². The van der Waals surface area contributed by atoms with E-state index in [1.165, 1.54) is 25.9 Å². The zero-order valence-corrected chi connectivity index (χ0v) is 10.7. The van der Waals surface area contributed by atoms with Gasteiger partial charge in [-0.15, -0.1) is 0 Å². The maximum atomic E-state index is 11.6. The second kappa shape index (κ2) is 5.31. The Morgan fingerprint density at radius 3 is 2.44 bits per heavy atom. The van der Waals surface area contributed by atoms with E-state index in [2.05, 4.69) is 18.7 Å². The molecule has 2 fully saturated rings. The van der Waals surface area contributed by atoms with Crippen molar-refractivity contribution in [2.75, 3.05) is 19.6 Å². The maximum absolute atomic E-state index is 11.6. The smallest absolute Gasteiger partial charge is 0.137 e. The van der Waals surface area contributed by atoms with Crippen molar-refractivity contribution in [2.45, 2.75) is 46.0 Å². The molecule has 0 aromatic rings. The van der Waals surface area contributed by atoms with Crippen LogP contribution in [0.2, 0.25) is 0 Å². The summed E-state index contributed by atoms with van der Waals surface area (Å²) in [6.45, 7) is 8.14. The zero-order valence-electron chi connectivity index (χ0n) is 10.7. The number of hydrogen-bond donors (Lipinski definition) is 0. The third-order valence-corrected chi connectivity index (χ3v) is 4.48. The second-order valence-corrected chi connectivity index (χ2v) is 5.94. The fourth-order valence-corrected chi connectivity index (χ4v) is 3.19. The molecule has 1 atom stereocenters. The first-order chi connectivity index (χ1) is 7.66. The first kappa shape index (κ1) is 12.1. The van der Waals surface area contributed by atoms with Crippen molar-refractivity contribution in [1.82, 2.24) is 4.90 Å². The highest BCUT2D eigenvalue weighted by atomic mass is 16.1. The van der Waals surface area contributed by atoms with E-state index in [9.17, 15) is 4.79 Å². The van der Waals surface area contributed by atoms with Gasteiger partial charge in [0, 0.05) is 18.9 Å². The van der Waals surface area contributed by atoms with Gasteiger partial charge in [-0.2, -0.15) is 0 Å². The average molecular weight is 223 g/mol. The molecule has 1 heterocycles. The lowest BCUT2D eigenvalue weighted by Crippen LogP contribution is -2.39. The molecule has 0 radical (unpaired) electrons. The van der Waals surface area contributed by atoms with Crippen LogP contribution >= 0.6 is 0 Å². The SMILES string of the molecule is CC(C)C1CCN(CC2CCCC2=O)CC1. The minimum atomic E-state index is 0.371. The van der Waals surface area contributed by atoms with Crippen LogP contribution in [0.1, 0.15) is 46.0 Å². The number of nitrogens with zero attached hydrogens (tertiary/aromatic N) is 1. The molecule has 1 aliphatic heterocycles. The van der Waals surface area contributed by atoms with Crippen LogP contribution in [0, 0.1) is 17.8 Å². The van der Waals surface area contributed by atoms with Gasteiger partial charge in [0.1, 0.15) is 5.78 Å². The Morgan fingerprint density at radius 2 is 1.94 bits per heavy atom. The van der Waals surface area contributed by atoms with E-state index < -0.39 is 0 Å². The van der Waals surface area contributed by atoms with Gasteiger partial charge in [0.2, 0.25) is 0 Å². The van der Waals surface area contributed by atoms with Crippen molar-refractivity contribution >= 4 is 5.78 Å². The average Bonchev–Trinajstić information content (AvgIpc) is 2.65. The minimum Gasteiger partial charge on any atom is -0.303 e. The highest BCUT2D eigenvalue weighted by Gasteiger charge is 2.28. The number of piperidine rings is 1. The zero-order chi connectivity index (χ0) is 11.5. The van der Waals surface area contributed by atoms with Crippen LogP contribution in [0.25, 0.3) is 0 Å². The van der Waals surface area contributed by atoms with Gasteiger partial charge in [-0.1, -0.05) is 13.8 Å². The van der Waals surface area contributed by atoms with E-state index in [1.54, 1.807) is 0 Å². The number of carbonyl (C=O) groups is 1. The molecule has 2 nitrogen and oxygen atoms in total. The lowest BCUT2D eigenvalue weighted by Gasteiger charge is -2.34. The summed E-state index contributed by atoms with van der Waals surface area (Å²) in [4.78, 5) is 14.1. The molecule has 0 aromatic carbocycles. The molecule has 1 unspecified atom stereocenters. The summed E-state index contributed by atoms with van der Waals surface area (Å²) in [7, 11) is 0. The maximum Gasteiger partial charge on any atom is 0.137 e. The van der Waals surface area contributed by atoms with Crippen LogP contribution in [0.3, 0.4) is 0 Å². The van der Waals surface area contributed by atoms with Crippen LogP contribution in [0.5, 0.6) is 0 Å². The summed E-state index contributed by atoms with van der Waals surface area (Å²) >= 11 is 0. The molecular formula is C14H25NO. The quantitative estimate of drug-likeness (QED) is 0.733. The minimum absolute atomic E-state index is 0.371. The molecule has 0 spiro atoms. The van der Waals surface area contributed by atoms with Crippen molar-refractivity contribution in [1.29, 1.82) is 0 Å². The number of ketones is 1. The summed E-state index contributed by atoms with van der Waals surface area (Å²) < 4.78 is 0. The first-order valence-electron chi connectivity index (χ1n) is 6.92. The molecule has 0 amide bonds. The lowest BCUT2D eigenvalue weighted by molar-refractivity contribution is -0.121. The molecule has 2 rings (SSSR count). The van der Waals surface area contributed by atoms with Crippen LogP contribution in [-0.2, 0) is 4.79 Å². The highest BCUT2D eigenvalue weighted by Crippen LogP contribution is 2.27. The Kier molecular flexibility index (Phi) is 4.01. The van der Waals surface area contributed by atoms with Crippen molar-refractivity contribution in [3.8, 4) is 0 Å². The number of rotatable bonds is 3. The molecule has 0 bridgehead atoms. The topological polar surface area (TPSA) is 20.3 Å². The lowest BCUT2D eigenvalue weighted by atomic mass is 9.86. The summed E-state index contributed by atoms with van der Waals surface area (Å²) in [5.41, 5.74) is 0. The van der Waals surface area contributed by atoms with Crippen molar-refractivity contribution in [2.24, 2.45) is 17.8 Å². The van der Waals surface area contributed by atoms with Crippen LogP contribution in [0.4, 0.5) is 0 Å². The van der Waals surface area contributed by atoms with Gasteiger partial charge in [0.15, 0.2) is 0 Å². The van der Waals surface area contributed by atoms with Gasteiger partial charge >= 0.3 is 0 Å². The van der Waals surface area contributed by atoms with Crippen molar-refractivity contribution < 1.29 is 4.79 Å². The number of hydrogen-bond acceptors (Lipinski definition) is 2. The van der Waals surface area contributed by atoms with Crippen molar-refractivity contribution in [3.05, 3.63) is 0 Å². The monoisotopic (exact) mass is 223 g/mol. The predicted octanol–water partition coefficient (Wildman–Crippen LogP) is 2.72. The Balaban J connectivity index is 1.75. The Bertz CT molecular complexity index is 241. The molecule has 2 heteroatoms. The van der Waals surface area contributed by atoms with Gasteiger partial charge in [-0.05, 0) is 50.6 Å². The molecule has 1 saturated heterocycles. The Hall–Kier alpha value is -0.370. The largest absolute Gasteiger partial charge is 0.303 e. The fraction of sp³-hybridized carbons (Fsp3) is 0.929. The molecule has 16 heavy (non-hydrogen) atoms. The van der Waals surface area contributed by atoms with E-state index in [0.717, 1.165) is 37.6 Å². The van der Waals surface area contributed by atoms with E-state index in [-0.39, 0.29) is 0 Å². The van der Waals surface area contributed by atoms with E-state index in [0.29, 0.717) is 11.7 Å². The number of likely N-dealkylation sites (tertiary alicyclic amines) is 1. The van der Waals surface area contributed by atoms with E-state index in [1.807, 2.05) is 0 Å². The van der Waals surface area contributed by atoms with Gasteiger partial charge in [0.05, 0.1) is 0 Å². The third-order valence-electron chi connectivity index (χ3n) is 4.48. The standard InChI is InChI=1S/C14H25NO/c1-11(2)12-6-8-15(9-7-12)10-13-4-3-5-14(13)16/h11-13H,3-10H2,1-2H3. The van der Waals surface area contributed by atoms with Crippen LogP contribution in [0.15, 0.2) is 0 Å². The highest BCUT2D eigenvalue weighted by molar-refractivity contribution is 5.83. The second-order valence-electron chi connectivity index (χ2n) is 5.94. The summed E-state index contributed by atoms with van der Waals surface area (Å²) in [5, 5.41) is 0. The van der Waals surface area contributed by atoms with E-state index >= 15 is 0 Å². The van der Waals surface area contributed by atoms with Gasteiger partial charge < -0.3 is 4.90 Å². The van der Waals surface area contributed by atoms with Gasteiger partial charge in [-0.25, -0.2) is 0 Å².